The van der Waals surface area contributed by atoms with E-state index in [-0.39, 0.29) is 11.9 Å². The van der Waals surface area contributed by atoms with Crippen molar-refractivity contribution in [3.63, 3.8) is 0 Å². The van der Waals surface area contributed by atoms with E-state index in [1.54, 1.807) is 18.5 Å². The number of hydrogen-bond donors (Lipinski definition) is 0. The Kier molecular flexibility index (Phi) is 6.80. The summed E-state index contributed by atoms with van der Waals surface area (Å²) in [7, 11) is 0. The summed E-state index contributed by atoms with van der Waals surface area (Å²) in [5.74, 6) is 2.68. The number of carbonyl (C=O) groups is 1. The Balaban J connectivity index is 1.30. The first-order chi connectivity index (χ1) is 16.7. The van der Waals surface area contributed by atoms with Gasteiger partial charge in [0.25, 0.3) is 0 Å². The summed E-state index contributed by atoms with van der Waals surface area (Å²) in [5, 5.41) is 9.41. The molecular weight excluding hydrogens is 450 g/mol. The average Bonchev–Trinajstić information content (AvgIpc) is 3.45. The van der Waals surface area contributed by atoms with Gasteiger partial charge in [-0.1, -0.05) is 23.9 Å². The molecule has 176 valence electrons. The summed E-state index contributed by atoms with van der Waals surface area (Å²) >= 11 is 1.41. The van der Waals surface area contributed by atoms with Gasteiger partial charge in [0.15, 0.2) is 22.5 Å². The average molecular weight is 478 g/mol. The SMILES string of the molecule is C=CCn1c(SCC(=O)N2CCC[C@H]2c2ccc3c(c2)OCCCO3)nnc1-c1ccncc1. The molecule has 2 aliphatic rings. The second-order valence-corrected chi connectivity index (χ2v) is 9.17. The maximum Gasteiger partial charge on any atom is 0.233 e. The molecule has 5 rings (SSSR count). The Hall–Kier alpha value is -3.33. The van der Waals surface area contributed by atoms with Gasteiger partial charge in [-0.15, -0.1) is 16.8 Å². The number of amides is 1. The third-order valence-electron chi connectivity index (χ3n) is 6.02. The zero-order valence-corrected chi connectivity index (χ0v) is 19.7. The number of rotatable bonds is 7. The van der Waals surface area contributed by atoms with Gasteiger partial charge in [0, 0.05) is 37.5 Å². The third kappa shape index (κ3) is 4.65. The number of aromatic nitrogens is 4. The lowest BCUT2D eigenvalue weighted by molar-refractivity contribution is -0.129. The molecule has 3 aromatic rings. The Morgan fingerprint density at radius 2 is 1.94 bits per heavy atom. The lowest BCUT2D eigenvalue weighted by Crippen LogP contribution is -2.32. The number of benzene rings is 1. The van der Waals surface area contributed by atoms with Crippen LogP contribution in [0.1, 0.15) is 30.9 Å². The van der Waals surface area contributed by atoms with Crippen LogP contribution in [-0.2, 0) is 11.3 Å². The first kappa shape index (κ1) is 22.5. The first-order valence-electron chi connectivity index (χ1n) is 11.5. The van der Waals surface area contributed by atoms with Gasteiger partial charge in [0.1, 0.15) is 0 Å². The molecule has 2 aromatic heterocycles. The zero-order chi connectivity index (χ0) is 23.3. The molecule has 34 heavy (non-hydrogen) atoms. The molecule has 0 aliphatic carbocycles. The van der Waals surface area contributed by atoms with Gasteiger partial charge in [0.2, 0.25) is 5.91 Å². The molecule has 0 spiro atoms. The Morgan fingerprint density at radius 1 is 1.12 bits per heavy atom. The third-order valence-corrected chi connectivity index (χ3v) is 6.97. The Morgan fingerprint density at radius 3 is 2.76 bits per heavy atom. The molecule has 1 aromatic carbocycles. The van der Waals surface area contributed by atoms with E-state index in [1.165, 1.54) is 11.8 Å². The van der Waals surface area contributed by atoms with Crippen molar-refractivity contribution in [2.75, 3.05) is 25.5 Å². The number of allylic oxidation sites excluding steroid dienone is 1. The molecule has 0 N–H and O–H groups in total. The second kappa shape index (κ2) is 10.3. The van der Waals surface area contributed by atoms with Crippen molar-refractivity contribution >= 4 is 17.7 Å². The van der Waals surface area contributed by atoms with Crippen molar-refractivity contribution in [1.82, 2.24) is 24.6 Å². The number of fused-ring (bicyclic) bond motifs is 1. The van der Waals surface area contributed by atoms with E-state index in [2.05, 4.69) is 27.8 Å². The highest BCUT2D eigenvalue weighted by atomic mass is 32.2. The first-order valence-corrected chi connectivity index (χ1v) is 12.5. The fourth-order valence-corrected chi connectivity index (χ4v) is 5.25. The van der Waals surface area contributed by atoms with E-state index >= 15 is 0 Å². The highest BCUT2D eigenvalue weighted by Gasteiger charge is 2.31. The van der Waals surface area contributed by atoms with E-state index in [4.69, 9.17) is 9.47 Å². The summed E-state index contributed by atoms with van der Waals surface area (Å²) < 4.78 is 13.6. The molecule has 1 fully saturated rings. The van der Waals surface area contributed by atoms with Gasteiger partial charge in [-0.2, -0.15) is 0 Å². The Bertz CT molecular complexity index is 1170. The van der Waals surface area contributed by atoms with Gasteiger partial charge in [-0.05, 0) is 42.7 Å². The summed E-state index contributed by atoms with van der Waals surface area (Å²) in [5.41, 5.74) is 2.02. The number of ether oxygens (including phenoxy) is 2. The van der Waals surface area contributed by atoms with Crippen molar-refractivity contribution in [3.8, 4) is 22.9 Å². The maximum absolute atomic E-state index is 13.3. The van der Waals surface area contributed by atoms with Crippen LogP contribution in [0.5, 0.6) is 11.5 Å². The van der Waals surface area contributed by atoms with Gasteiger partial charge in [-0.25, -0.2) is 0 Å². The minimum atomic E-state index is 0.0451. The molecule has 1 atom stereocenters. The number of likely N-dealkylation sites (tertiary alicyclic amines) is 1. The van der Waals surface area contributed by atoms with Crippen LogP contribution in [0, 0.1) is 0 Å². The number of thioether (sulfide) groups is 1. The van der Waals surface area contributed by atoms with Crippen molar-refractivity contribution in [3.05, 3.63) is 60.9 Å². The number of hydrogen-bond acceptors (Lipinski definition) is 7. The van der Waals surface area contributed by atoms with Crippen LogP contribution in [-0.4, -0.2) is 56.1 Å². The van der Waals surface area contributed by atoms with Crippen molar-refractivity contribution in [1.29, 1.82) is 0 Å². The van der Waals surface area contributed by atoms with E-state index in [0.717, 1.165) is 54.3 Å². The largest absolute Gasteiger partial charge is 0.490 e. The fourth-order valence-electron chi connectivity index (χ4n) is 4.41. The number of nitrogens with zero attached hydrogens (tertiary/aromatic N) is 5. The van der Waals surface area contributed by atoms with E-state index in [9.17, 15) is 4.79 Å². The van der Waals surface area contributed by atoms with Gasteiger partial charge in [-0.3, -0.25) is 14.3 Å². The van der Waals surface area contributed by atoms with E-state index < -0.39 is 0 Å². The molecule has 1 amide bonds. The quantitative estimate of drug-likeness (QED) is 0.374. The van der Waals surface area contributed by atoms with Crippen LogP contribution in [0.15, 0.2) is 60.5 Å². The molecule has 0 bridgehead atoms. The van der Waals surface area contributed by atoms with Crippen LogP contribution in [0.25, 0.3) is 11.4 Å². The molecule has 1 saturated heterocycles. The summed E-state index contributed by atoms with van der Waals surface area (Å²) in [6, 6.07) is 9.89. The van der Waals surface area contributed by atoms with Crippen molar-refractivity contribution in [2.24, 2.45) is 0 Å². The predicted molar refractivity (Wildman–Crippen MR) is 130 cm³/mol. The molecule has 0 unspecified atom stereocenters. The number of carbonyl (C=O) groups excluding carboxylic acids is 1. The standard InChI is InChI=1S/C25H27N5O3S/c1-2-12-30-24(18-8-10-26-11-9-18)27-28-25(30)34-17-23(31)29-13-3-5-20(29)19-6-7-21-22(16-19)33-15-4-14-32-21/h2,6-11,16,20H,1,3-5,12-15,17H2/t20-/m0/s1. The van der Waals surface area contributed by atoms with E-state index in [0.29, 0.717) is 30.7 Å². The number of pyridine rings is 1. The molecule has 4 heterocycles. The minimum Gasteiger partial charge on any atom is -0.490 e. The highest BCUT2D eigenvalue weighted by Crippen LogP contribution is 2.38. The van der Waals surface area contributed by atoms with Gasteiger partial charge < -0.3 is 14.4 Å². The smallest absolute Gasteiger partial charge is 0.233 e. The molecule has 9 heteroatoms. The monoisotopic (exact) mass is 477 g/mol. The molecule has 8 nitrogen and oxygen atoms in total. The Labute approximate surface area is 203 Å². The molecule has 0 saturated carbocycles. The van der Waals surface area contributed by atoms with Crippen molar-refractivity contribution in [2.45, 2.75) is 37.0 Å². The van der Waals surface area contributed by atoms with Crippen LogP contribution < -0.4 is 9.47 Å². The van der Waals surface area contributed by atoms with Crippen LogP contribution >= 0.6 is 11.8 Å². The highest BCUT2D eigenvalue weighted by molar-refractivity contribution is 7.99. The van der Waals surface area contributed by atoms with E-state index in [1.807, 2.05) is 33.7 Å². The van der Waals surface area contributed by atoms with Crippen molar-refractivity contribution < 1.29 is 14.3 Å². The molecular formula is C25H27N5O3S. The zero-order valence-electron chi connectivity index (χ0n) is 18.9. The summed E-state index contributed by atoms with van der Waals surface area (Å²) in [4.78, 5) is 19.3. The van der Waals surface area contributed by atoms with Crippen LogP contribution in [0.3, 0.4) is 0 Å². The predicted octanol–water partition coefficient (Wildman–Crippen LogP) is 4.14. The van der Waals surface area contributed by atoms with Crippen LogP contribution in [0.4, 0.5) is 0 Å². The lowest BCUT2D eigenvalue weighted by Gasteiger charge is -2.25. The summed E-state index contributed by atoms with van der Waals surface area (Å²) in [6.45, 7) is 6.48. The molecule has 0 radical (unpaired) electrons. The van der Waals surface area contributed by atoms with Crippen LogP contribution in [0.2, 0.25) is 0 Å². The second-order valence-electron chi connectivity index (χ2n) is 8.23. The maximum atomic E-state index is 13.3. The van der Waals surface area contributed by atoms with Gasteiger partial charge in [0.05, 0.1) is 25.0 Å². The minimum absolute atomic E-state index is 0.0451. The normalized spacial score (nSPS) is 17.4. The lowest BCUT2D eigenvalue weighted by atomic mass is 10.0. The topological polar surface area (TPSA) is 82.4 Å². The molecule has 2 aliphatic heterocycles. The fraction of sp³-hybridized carbons (Fsp3) is 0.360. The van der Waals surface area contributed by atoms with Gasteiger partial charge >= 0.3 is 0 Å². The summed E-state index contributed by atoms with van der Waals surface area (Å²) in [6.07, 6.45) is 8.05.